The van der Waals surface area contributed by atoms with E-state index in [9.17, 15) is 13.2 Å². The molecule has 8 nitrogen and oxygen atoms in total. The van der Waals surface area contributed by atoms with E-state index < -0.39 is 10.0 Å². The average molecular weight is 407 g/mol. The summed E-state index contributed by atoms with van der Waals surface area (Å²) in [5.41, 5.74) is 1.86. The van der Waals surface area contributed by atoms with Gasteiger partial charge in [-0.1, -0.05) is 30.3 Å². The number of carbonyl (C=O) groups is 1. The number of benzene rings is 1. The van der Waals surface area contributed by atoms with Gasteiger partial charge in [0, 0.05) is 13.1 Å². The van der Waals surface area contributed by atoms with Gasteiger partial charge in [-0.2, -0.15) is 9.40 Å². The number of nitrogens with one attached hydrogen (secondary N) is 1. The monoisotopic (exact) mass is 406 g/mol. The zero-order valence-electron chi connectivity index (χ0n) is 16.4. The number of morpholine rings is 1. The van der Waals surface area contributed by atoms with E-state index >= 15 is 0 Å². The number of hydrogen-bond donors (Lipinski definition) is 1. The van der Waals surface area contributed by atoms with Crippen LogP contribution >= 0.6 is 0 Å². The summed E-state index contributed by atoms with van der Waals surface area (Å²) in [5, 5.41) is 7.24. The number of carbonyl (C=O) groups excluding carboxylic acids is 1. The molecule has 1 amide bonds. The zero-order valence-corrected chi connectivity index (χ0v) is 17.2. The zero-order chi connectivity index (χ0) is 20.3. The molecular formula is C19H26N4O4S. The lowest BCUT2D eigenvalue weighted by atomic mass is 10.1. The van der Waals surface area contributed by atoms with Gasteiger partial charge in [0.05, 0.1) is 30.6 Å². The molecule has 1 aliphatic heterocycles. The van der Waals surface area contributed by atoms with E-state index in [1.54, 1.807) is 13.8 Å². The molecule has 0 saturated carbocycles. The lowest BCUT2D eigenvalue weighted by Gasteiger charge is -2.26. The van der Waals surface area contributed by atoms with Gasteiger partial charge in [0.25, 0.3) is 0 Å². The fraction of sp³-hybridized carbons (Fsp3) is 0.474. The first kappa shape index (κ1) is 20.5. The van der Waals surface area contributed by atoms with Gasteiger partial charge in [-0.25, -0.2) is 8.42 Å². The van der Waals surface area contributed by atoms with Gasteiger partial charge in [0.1, 0.15) is 11.4 Å². The number of nitrogens with zero attached hydrogens (tertiary/aromatic N) is 3. The minimum absolute atomic E-state index is 0.0392. The molecule has 2 aromatic rings. The molecule has 0 unspecified atom stereocenters. The first-order chi connectivity index (χ1) is 13.3. The third-order valence-electron chi connectivity index (χ3n) is 4.85. The predicted molar refractivity (Wildman–Crippen MR) is 104 cm³/mol. The fourth-order valence-corrected chi connectivity index (χ4v) is 5.15. The summed E-state index contributed by atoms with van der Waals surface area (Å²) in [6.45, 7) is 6.60. The van der Waals surface area contributed by atoms with Crippen molar-refractivity contribution in [3.8, 4) is 0 Å². The smallest absolute Gasteiger partial charge is 0.246 e. The largest absolute Gasteiger partial charge is 0.379 e. The SMILES string of the molecule is Cc1nn(CC(=O)N[C@H](C)c2ccccc2)c(C)c1S(=O)(=O)N1CCOCC1. The van der Waals surface area contributed by atoms with Crippen molar-refractivity contribution in [2.75, 3.05) is 26.3 Å². The fourth-order valence-electron chi connectivity index (χ4n) is 3.37. The maximum Gasteiger partial charge on any atom is 0.246 e. The summed E-state index contributed by atoms with van der Waals surface area (Å²) in [4.78, 5) is 12.7. The van der Waals surface area contributed by atoms with Crippen LogP contribution in [0.1, 0.15) is 29.9 Å². The molecule has 1 aliphatic rings. The number of aryl methyl sites for hydroxylation is 1. The first-order valence-corrected chi connectivity index (χ1v) is 10.7. The number of aromatic nitrogens is 2. The lowest BCUT2D eigenvalue weighted by molar-refractivity contribution is -0.122. The standard InChI is InChI=1S/C19H26N4O4S/c1-14(17-7-5-4-6-8-17)20-18(24)13-23-16(3)19(15(2)21-23)28(25,26)22-9-11-27-12-10-22/h4-8,14H,9-13H2,1-3H3,(H,20,24)/t14-/m1/s1. The maximum atomic E-state index is 13.0. The highest BCUT2D eigenvalue weighted by molar-refractivity contribution is 7.89. The highest BCUT2D eigenvalue weighted by atomic mass is 32.2. The number of rotatable bonds is 6. The molecule has 0 bridgehead atoms. The lowest BCUT2D eigenvalue weighted by Crippen LogP contribution is -2.41. The quantitative estimate of drug-likeness (QED) is 0.783. The van der Waals surface area contributed by atoms with Crippen LogP contribution in [0.4, 0.5) is 0 Å². The second kappa shape index (κ2) is 8.42. The van der Waals surface area contributed by atoms with Crippen molar-refractivity contribution >= 4 is 15.9 Å². The minimum atomic E-state index is -3.67. The van der Waals surface area contributed by atoms with E-state index in [0.717, 1.165) is 5.56 Å². The van der Waals surface area contributed by atoms with Crippen LogP contribution in [0.15, 0.2) is 35.2 Å². The predicted octanol–water partition coefficient (Wildman–Crippen LogP) is 1.40. The van der Waals surface area contributed by atoms with E-state index in [1.165, 1.54) is 8.99 Å². The van der Waals surface area contributed by atoms with E-state index in [4.69, 9.17) is 4.74 Å². The Kier molecular flexibility index (Phi) is 6.17. The Morgan fingerprint density at radius 3 is 2.50 bits per heavy atom. The molecule has 1 atom stereocenters. The van der Waals surface area contributed by atoms with Crippen LogP contribution in [0.3, 0.4) is 0 Å². The van der Waals surface area contributed by atoms with Crippen molar-refractivity contribution in [1.82, 2.24) is 19.4 Å². The molecule has 1 fully saturated rings. The van der Waals surface area contributed by atoms with Gasteiger partial charge >= 0.3 is 0 Å². The second-order valence-corrected chi connectivity index (χ2v) is 8.75. The van der Waals surface area contributed by atoms with Crippen LogP contribution in [0.5, 0.6) is 0 Å². The molecule has 0 aliphatic carbocycles. The Balaban J connectivity index is 1.75. The topological polar surface area (TPSA) is 93.5 Å². The van der Waals surface area contributed by atoms with Crippen molar-refractivity contribution in [2.45, 2.75) is 38.3 Å². The molecule has 1 aromatic heterocycles. The number of ether oxygens (including phenoxy) is 1. The van der Waals surface area contributed by atoms with Gasteiger partial charge in [0.2, 0.25) is 15.9 Å². The first-order valence-electron chi connectivity index (χ1n) is 9.27. The van der Waals surface area contributed by atoms with Gasteiger partial charge in [0.15, 0.2) is 0 Å². The summed E-state index contributed by atoms with van der Waals surface area (Å²) in [5.74, 6) is -0.225. The molecule has 0 radical (unpaired) electrons. The van der Waals surface area contributed by atoms with E-state index in [-0.39, 0.29) is 23.4 Å². The van der Waals surface area contributed by atoms with Gasteiger partial charge < -0.3 is 10.1 Å². The summed E-state index contributed by atoms with van der Waals surface area (Å²) < 4.78 is 34.1. The molecule has 3 rings (SSSR count). The van der Waals surface area contributed by atoms with E-state index in [2.05, 4.69) is 10.4 Å². The molecule has 1 N–H and O–H groups in total. The number of amides is 1. The third-order valence-corrected chi connectivity index (χ3v) is 7.01. The molecule has 9 heteroatoms. The highest BCUT2D eigenvalue weighted by Gasteiger charge is 2.32. The Morgan fingerprint density at radius 2 is 1.86 bits per heavy atom. The van der Waals surface area contributed by atoms with Crippen LogP contribution in [0.2, 0.25) is 0 Å². The van der Waals surface area contributed by atoms with Crippen molar-refractivity contribution in [3.63, 3.8) is 0 Å². The van der Waals surface area contributed by atoms with E-state index in [0.29, 0.717) is 37.7 Å². The number of sulfonamides is 1. The number of hydrogen-bond acceptors (Lipinski definition) is 5. The Morgan fingerprint density at radius 1 is 1.21 bits per heavy atom. The summed E-state index contributed by atoms with van der Waals surface area (Å²) in [7, 11) is -3.67. The van der Waals surface area contributed by atoms with Crippen molar-refractivity contribution in [2.24, 2.45) is 0 Å². The minimum Gasteiger partial charge on any atom is -0.379 e. The Hall–Kier alpha value is -2.23. The average Bonchev–Trinajstić information content (AvgIpc) is 2.96. The van der Waals surface area contributed by atoms with Gasteiger partial charge in [-0.15, -0.1) is 0 Å². The normalized spacial score (nSPS) is 16.7. The molecule has 152 valence electrons. The second-order valence-electron chi connectivity index (χ2n) is 6.87. The Bertz CT molecular complexity index is 934. The molecular weight excluding hydrogens is 380 g/mol. The Labute approximate surface area is 165 Å². The van der Waals surface area contributed by atoms with Crippen LogP contribution in [0.25, 0.3) is 0 Å². The van der Waals surface area contributed by atoms with Crippen LogP contribution in [-0.2, 0) is 26.1 Å². The van der Waals surface area contributed by atoms with Crippen molar-refractivity contribution < 1.29 is 17.9 Å². The highest BCUT2D eigenvalue weighted by Crippen LogP contribution is 2.24. The maximum absolute atomic E-state index is 13.0. The van der Waals surface area contributed by atoms with Crippen LogP contribution < -0.4 is 5.32 Å². The third kappa shape index (κ3) is 4.26. The van der Waals surface area contributed by atoms with E-state index in [1.807, 2.05) is 37.3 Å². The molecule has 0 spiro atoms. The van der Waals surface area contributed by atoms with Gasteiger partial charge in [-0.05, 0) is 26.3 Å². The summed E-state index contributed by atoms with van der Waals surface area (Å²) in [6, 6.07) is 9.50. The van der Waals surface area contributed by atoms with Crippen LogP contribution in [0, 0.1) is 13.8 Å². The summed E-state index contributed by atoms with van der Waals surface area (Å²) in [6.07, 6.45) is 0. The molecule has 1 saturated heterocycles. The summed E-state index contributed by atoms with van der Waals surface area (Å²) >= 11 is 0. The molecule has 1 aromatic carbocycles. The van der Waals surface area contributed by atoms with Gasteiger partial charge in [-0.3, -0.25) is 9.48 Å². The van der Waals surface area contributed by atoms with Crippen molar-refractivity contribution in [1.29, 1.82) is 0 Å². The van der Waals surface area contributed by atoms with Crippen LogP contribution in [-0.4, -0.2) is 54.7 Å². The molecule has 28 heavy (non-hydrogen) atoms. The molecule has 2 heterocycles. The van der Waals surface area contributed by atoms with Crippen molar-refractivity contribution in [3.05, 3.63) is 47.3 Å².